The van der Waals surface area contributed by atoms with Gasteiger partial charge in [0, 0.05) is 11.1 Å². The smallest absolute Gasteiger partial charge is 0.158 e. The minimum atomic E-state index is -1.99. The molecule has 3 aromatic rings. The Morgan fingerprint density at radius 2 is 1.54 bits per heavy atom. The molecular weight excluding hydrogens is 600 g/mol. The Kier molecular flexibility index (Phi) is 10.5. The summed E-state index contributed by atoms with van der Waals surface area (Å²) in [5.41, 5.74) is 4.36. The fourth-order valence-corrected chi connectivity index (χ4v) is 16.5. The van der Waals surface area contributed by atoms with E-state index < -0.39 is 16.1 Å². The quantitative estimate of drug-likeness (QED) is 0.137. The molecule has 0 saturated carbocycles. The zero-order valence-corrected chi connectivity index (χ0v) is 29.3. The van der Waals surface area contributed by atoms with Gasteiger partial charge >= 0.3 is 0 Å². The highest BCUT2D eigenvalue weighted by Crippen LogP contribution is 2.36. The van der Waals surface area contributed by atoms with Crippen LogP contribution in [0.15, 0.2) is 65.1 Å². The molecule has 0 radical (unpaired) electrons. The molecule has 0 bridgehead atoms. The molecule has 2 heterocycles. The molecule has 1 unspecified atom stereocenters. The number of unbranched alkanes of at least 4 members (excludes halogenated alkanes) is 4. The second-order valence-electron chi connectivity index (χ2n) is 12.8. The SMILES string of the molecule is CCCCC[Si]1(CCCCC)c2cc(Br)ccc2-c2ccc([Si](C)(C)c3ccccc3COC3CCCCO3)cc21. The Bertz CT molecular complexity index is 1300. The molecule has 5 rings (SSSR count). The number of rotatable bonds is 13. The lowest BCUT2D eigenvalue weighted by Crippen LogP contribution is -2.59. The van der Waals surface area contributed by atoms with Crippen LogP contribution in [0.3, 0.4) is 0 Å². The van der Waals surface area contributed by atoms with Crippen LogP contribution in [-0.2, 0) is 16.1 Å². The highest BCUT2D eigenvalue weighted by atomic mass is 79.9. The molecule has 1 fully saturated rings. The third-order valence-corrected chi connectivity index (χ3v) is 19.1. The molecule has 2 aliphatic heterocycles. The highest BCUT2D eigenvalue weighted by molar-refractivity contribution is 9.10. The summed E-state index contributed by atoms with van der Waals surface area (Å²) < 4.78 is 13.4. The topological polar surface area (TPSA) is 18.5 Å². The van der Waals surface area contributed by atoms with Crippen molar-refractivity contribution in [1.82, 2.24) is 0 Å². The average molecular weight is 650 g/mol. The van der Waals surface area contributed by atoms with Crippen LogP contribution in [0.2, 0.25) is 25.2 Å². The minimum Gasteiger partial charge on any atom is -0.353 e. The van der Waals surface area contributed by atoms with Gasteiger partial charge in [-0.05, 0) is 75.7 Å². The van der Waals surface area contributed by atoms with Crippen molar-refractivity contribution >= 4 is 52.8 Å². The van der Waals surface area contributed by atoms with Crippen LogP contribution in [-0.4, -0.2) is 29.0 Å². The Hall–Kier alpha value is -1.51. The van der Waals surface area contributed by atoms with Crippen molar-refractivity contribution in [3.8, 4) is 11.1 Å². The monoisotopic (exact) mass is 648 g/mol. The van der Waals surface area contributed by atoms with Crippen molar-refractivity contribution < 1.29 is 9.47 Å². The van der Waals surface area contributed by atoms with Crippen LogP contribution in [0.5, 0.6) is 0 Å². The van der Waals surface area contributed by atoms with E-state index in [2.05, 4.69) is 104 Å². The summed E-state index contributed by atoms with van der Waals surface area (Å²) in [6.45, 7) is 11.2. The molecule has 0 aromatic heterocycles. The Morgan fingerprint density at radius 1 is 0.854 bits per heavy atom. The van der Waals surface area contributed by atoms with Gasteiger partial charge in [0.15, 0.2) is 6.29 Å². The first-order valence-electron chi connectivity index (χ1n) is 16.2. The van der Waals surface area contributed by atoms with E-state index in [9.17, 15) is 0 Å². The molecule has 220 valence electrons. The van der Waals surface area contributed by atoms with Gasteiger partial charge in [0.2, 0.25) is 0 Å². The van der Waals surface area contributed by atoms with Crippen LogP contribution < -0.4 is 20.7 Å². The molecule has 0 aliphatic carbocycles. The van der Waals surface area contributed by atoms with Gasteiger partial charge < -0.3 is 9.47 Å². The first-order chi connectivity index (χ1) is 19.9. The number of ether oxygens (including phenoxy) is 2. The van der Waals surface area contributed by atoms with Crippen LogP contribution in [0, 0.1) is 0 Å². The van der Waals surface area contributed by atoms with E-state index >= 15 is 0 Å². The number of hydrogen-bond acceptors (Lipinski definition) is 2. The lowest BCUT2D eigenvalue weighted by atomic mass is 10.1. The van der Waals surface area contributed by atoms with E-state index in [0.717, 1.165) is 19.4 Å². The summed E-state index contributed by atoms with van der Waals surface area (Å²) in [5, 5.41) is 6.47. The Morgan fingerprint density at radius 3 is 2.22 bits per heavy atom. The summed E-state index contributed by atoms with van der Waals surface area (Å²) in [6, 6.07) is 26.6. The summed E-state index contributed by atoms with van der Waals surface area (Å²) in [7, 11) is -3.88. The fraction of sp³-hybridized carbons (Fsp3) is 0.500. The Labute approximate surface area is 259 Å². The lowest BCUT2D eigenvalue weighted by Gasteiger charge is -2.33. The summed E-state index contributed by atoms with van der Waals surface area (Å²) in [6.07, 6.45) is 11.2. The molecule has 3 aromatic carbocycles. The highest BCUT2D eigenvalue weighted by Gasteiger charge is 2.45. The van der Waals surface area contributed by atoms with Gasteiger partial charge in [0.25, 0.3) is 0 Å². The number of fused-ring (bicyclic) bond motifs is 3. The van der Waals surface area contributed by atoms with E-state index in [1.54, 1.807) is 15.6 Å². The predicted molar refractivity (Wildman–Crippen MR) is 185 cm³/mol. The van der Waals surface area contributed by atoms with Gasteiger partial charge in [-0.3, -0.25) is 0 Å². The molecule has 2 nitrogen and oxygen atoms in total. The molecule has 5 heteroatoms. The van der Waals surface area contributed by atoms with Crippen molar-refractivity contribution in [1.29, 1.82) is 0 Å². The molecular formula is C36H49BrO2Si2. The predicted octanol–water partition coefficient (Wildman–Crippen LogP) is 8.24. The normalized spacial score (nSPS) is 17.8. The molecule has 0 N–H and O–H groups in total. The van der Waals surface area contributed by atoms with Gasteiger partial charge in [0.1, 0.15) is 16.1 Å². The van der Waals surface area contributed by atoms with Crippen LogP contribution in [0.25, 0.3) is 11.1 Å². The molecule has 1 saturated heterocycles. The first kappa shape index (κ1) is 30.9. The summed E-state index contributed by atoms with van der Waals surface area (Å²) in [4.78, 5) is 0. The maximum Gasteiger partial charge on any atom is 0.158 e. The number of hydrogen-bond donors (Lipinski definition) is 0. The van der Waals surface area contributed by atoms with E-state index in [4.69, 9.17) is 9.47 Å². The largest absolute Gasteiger partial charge is 0.353 e. The van der Waals surface area contributed by atoms with Crippen molar-refractivity contribution in [3.63, 3.8) is 0 Å². The van der Waals surface area contributed by atoms with Gasteiger partial charge in [-0.2, -0.15) is 0 Å². The van der Waals surface area contributed by atoms with Crippen LogP contribution in [0.1, 0.15) is 77.2 Å². The average Bonchev–Trinajstić information content (AvgIpc) is 3.25. The fourth-order valence-electron chi connectivity index (χ4n) is 7.31. The van der Waals surface area contributed by atoms with E-state index in [1.807, 2.05) is 0 Å². The molecule has 41 heavy (non-hydrogen) atoms. The van der Waals surface area contributed by atoms with E-state index in [-0.39, 0.29) is 6.29 Å². The summed E-state index contributed by atoms with van der Waals surface area (Å²) in [5.74, 6) is 0. The standard InChI is InChI=1S/C36H49BrO2Si2/c1-5-7-13-23-41(24-14-8-6-2)34-25-29(37)18-20-31(34)32-21-19-30(26-35(32)41)40(3,4)33-16-10-9-15-28(33)27-39-36-17-11-12-22-38-36/h9-10,15-16,18-21,25-26,36H,5-8,11-14,17,22-24,27H2,1-4H3. The second kappa shape index (κ2) is 13.9. The molecule has 2 aliphatic rings. The number of halogens is 1. The van der Waals surface area contributed by atoms with Gasteiger partial charge in [0.05, 0.1) is 6.61 Å². The third kappa shape index (κ3) is 6.55. The van der Waals surface area contributed by atoms with Crippen molar-refractivity contribution in [2.24, 2.45) is 0 Å². The maximum absolute atomic E-state index is 6.31. The zero-order valence-electron chi connectivity index (χ0n) is 25.7. The minimum absolute atomic E-state index is 0.0581. The van der Waals surface area contributed by atoms with Gasteiger partial charge in [-0.15, -0.1) is 0 Å². The van der Waals surface area contributed by atoms with Crippen molar-refractivity contribution in [2.75, 3.05) is 6.61 Å². The van der Waals surface area contributed by atoms with Crippen molar-refractivity contribution in [3.05, 3.63) is 70.7 Å². The molecule has 0 spiro atoms. The summed E-state index contributed by atoms with van der Waals surface area (Å²) >= 11 is 3.86. The Balaban J connectivity index is 1.54. The maximum atomic E-state index is 6.31. The zero-order chi connectivity index (χ0) is 28.9. The number of benzene rings is 3. The molecule has 1 atom stereocenters. The first-order valence-corrected chi connectivity index (χ1v) is 22.4. The van der Waals surface area contributed by atoms with Gasteiger partial charge in [-0.1, -0.05) is 135 Å². The van der Waals surface area contributed by atoms with Gasteiger partial charge in [-0.25, -0.2) is 0 Å². The van der Waals surface area contributed by atoms with Crippen molar-refractivity contribution in [2.45, 2.75) is 110 Å². The van der Waals surface area contributed by atoms with E-state index in [1.165, 1.54) is 83.4 Å². The molecule has 0 amide bonds. The third-order valence-electron chi connectivity index (χ3n) is 9.71. The van der Waals surface area contributed by atoms with Crippen LogP contribution in [0.4, 0.5) is 0 Å². The van der Waals surface area contributed by atoms with E-state index in [0.29, 0.717) is 6.61 Å². The lowest BCUT2D eigenvalue weighted by molar-refractivity contribution is -0.168. The second-order valence-corrected chi connectivity index (χ2v) is 22.4. The van der Waals surface area contributed by atoms with Crippen LogP contribution >= 0.6 is 15.9 Å².